The van der Waals surface area contributed by atoms with Gasteiger partial charge in [0.05, 0.1) is 23.1 Å². The van der Waals surface area contributed by atoms with E-state index in [0.29, 0.717) is 13.2 Å². The summed E-state index contributed by atoms with van der Waals surface area (Å²) in [5.74, 6) is 1.63. The highest BCUT2D eigenvalue weighted by Gasteiger charge is 2.16. The van der Waals surface area contributed by atoms with E-state index in [0.717, 1.165) is 37.6 Å². The molecule has 2 nitrogen and oxygen atoms in total. The molecule has 1 atom stereocenters. The number of fused-ring (bicyclic) bond motifs is 1. The molecule has 0 amide bonds. The van der Waals surface area contributed by atoms with E-state index in [9.17, 15) is 0 Å². The lowest BCUT2D eigenvalue weighted by Gasteiger charge is -2.14. The van der Waals surface area contributed by atoms with Crippen molar-refractivity contribution >= 4 is 50.1 Å². The number of halogens is 3. The maximum absolute atomic E-state index is 6.21. The van der Waals surface area contributed by atoms with Gasteiger partial charge < -0.3 is 9.47 Å². The molecule has 3 rings (SSSR count). The normalized spacial score (nSPS) is 15.4. The first kappa shape index (κ1) is 15.4. The zero-order valence-electron chi connectivity index (χ0n) is 11.1. The third-order valence-electron chi connectivity index (χ3n) is 3.30. The highest BCUT2D eigenvalue weighted by molar-refractivity contribution is 14.1. The van der Waals surface area contributed by atoms with Crippen LogP contribution in [0.15, 0.2) is 36.4 Å². The van der Waals surface area contributed by atoms with Crippen molar-refractivity contribution in [2.45, 2.75) is 11.2 Å². The molecule has 0 aromatic heterocycles. The van der Waals surface area contributed by atoms with Gasteiger partial charge in [0.25, 0.3) is 0 Å². The van der Waals surface area contributed by atoms with Crippen molar-refractivity contribution in [2.24, 2.45) is 0 Å². The minimum atomic E-state index is 0.0733. The third kappa shape index (κ3) is 3.48. The Labute approximate surface area is 151 Å². The first-order chi connectivity index (χ1) is 10.1. The molecule has 0 aliphatic carbocycles. The Morgan fingerprint density at radius 3 is 2.43 bits per heavy atom. The molecule has 0 N–H and O–H groups in total. The Bertz CT molecular complexity index is 663. The maximum Gasteiger partial charge on any atom is 0.161 e. The molecule has 1 aliphatic heterocycles. The summed E-state index contributed by atoms with van der Waals surface area (Å²) in [7, 11) is 0. The van der Waals surface area contributed by atoms with Crippen LogP contribution in [0.4, 0.5) is 0 Å². The van der Waals surface area contributed by atoms with E-state index in [1.807, 2.05) is 24.3 Å². The van der Waals surface area contributed by atoms with E-state index in [1.54, 1.807) is 0 Å². The summed E-state index contributed by atoms with van der Waals surface area (Å²) < 4.78 is 12.5. The summed E-state index contributed by atoms with van der Waals surface area (Å²) in [5, 5.41) is 0.770. The van der Waals surface area contributed by atoms with E-state index >= 15 is 0 Å². The van der Waals surface area contributed by atoms with Gasteiger partial charge in [-0.15, -0.1) is 0 Å². The quantitative estimate of drug-likeness (QED) is 0.413. The second-order valence-electron chi connectivity index (χ2n) is 4.79. The number of hydrogen-bond donors (Lipinski definition) is 0. The number of rotatable bonds is 2. The fourth-order valence-corrected chi connectivity index (χ4v) is 3.29. The molecule has 0 fully saturated rings. The topological polar surface area (TPSA) is 18.5 Å². The van der Waals surface area contributed by atoms with Crippen LogP contribution in [0.1, 0.15) is 22.4 Å². The lowest BCUT2D eigenvalue weighted by atomic mass is 10.0. The molecule has 2 aromatic carbocycles. The van der Waals surface area contributed by atoms with E-state index in [4.69, 9.17) is 21.1 Å². The monoisotopic (exact) mass is 478 g/mol. The van der Waals surface area contributed by atoms with Crippen molar-refractivity contribution < 1.29 is 9.47 Å². The van der Waals surface area contributed by atoms with Gasteiger partial charge in [0.2, 0.25) is 0 Å². The number of hydrogen-bond acceptors (Lipinski definition) is 2. The predicted octanol–water partition coefficient (Wildman–Crippen LogP) is 5.59. The maximum atomic E-state index is 6.21. The van der Waals surface area contributed by atoms with Gasteiger partial charge in [0.1, 0.15) is 0 Å². The molecular formula is C16H13BrClIO2. The molecule has 2 aromatic rings. The molecule has 0 saturated carbocycles. The number of ether oxygens (including phenoxy) is 2. The molecule has 5 heteroatoms. The highest BCUT2D eigenvalue weighted by atomic mass is 127. The Kier molecular flexibility index (Phi) is 4.96. The van der Waals surface area contributed by atoms with Crippen LogP contribution in [0.5, 0.6) is 11.5 Å². The van der Waals surface area contributed by atoms with Gasteiger partial charge >= 0.3 is 0 Å². The van der Waals surface area contributed by atoms with Crippen LogP contribution in [0.25, 0.3) is 0 Å². The molecule has 1 aliphatic rings. The summed E-state index contributed by atoms with van der Waals surface area (Å²) in [6.07, 6.45) is 0.911. The van der Waals surface area contributed by atoms with Gasteiger partial charge in [-0.25, -0.2) is 0 Å². The first-order valence-corrected chi connectivity index (χ1v) is 9.01. The molecule has 0 radical (unpaired) electrons. The molecule has 21 heavy (non-hydrogen) atoms. The van der Waals surface area contributed by atoms with Crippen molar-refractivity contribution in [2.75, 3.05) is 13.2 Å². The van der Waals surface area contributed by atoms with E-state index < -0.39 is 0 Å². The fourth-order valence-electron chi connectivity index (χ4n) is 2.20. The second kappa shape index (κ2) is 6.75. The van der Waals surface area contributed by atoms with Crippen LogP contribution in [0.2, 0.25) is 5.02 Å². The van der Waals surface area contributed by atoms with Crippen molar-refractivity contribution in [1.29, 1.82) is 0 Å². The second-order valence-corrected chi connectivity index (χ2v) is 7.28. The van der Waals surface area contributed by atoms with E-state index in [-0.39, 0.29) is 4.83 Å². The van der Waals surface area contributed by atoms with E-state index in [1.165, 1.54) is 0 Å². The minimum absolute atomic E-state index is 0.0733. The summed E-state index contributed by atoms with van der Waals surface area (Å²) in [4.78, 5) is 0.0733. The zero-order valence-corrected chi connectivity index (χ0v) is 15.6. The van der Waals surface area contributed by atoms with Crippen LogP contribution in [0, 0.1) is 3.57 Å². The van der Waals surface area contributed by atoms with Crippen molar-refractivity contribution in [3.63, 3.8) is 0 Å². The fraction of sp³-hybridized carbons (Fsp3) is 0.250. The summed E-state index contributed by atoms with van der Waals surface area (Å²) in [6.45, 7) is 1.40. The Hall–Kier alpha value is -0.460. The molecular weight excluding hydrogens is 466 g/mol. The molecule has 0 saturated heterocycles. The summed E-state index contributed by atoms with van der Waals surface area (Å²) in [5.41, 5.74) is 2.24. The Morgan fingerprint density at radius 1 is 1.00 bits per heavy atom. The number of benzene rings is 2. The molecule has 0 spiro atoms. The van der Waals surface area contributed by atoms with Crippen LogP contribution in [-0.4, -0.2) is 13.2 Å². The zero-order chi connectivity index (χ0) is 14.8. The van der Waals surface area contributed by atoms with Gasteiger partial charge in [-0.1, -0.05) is 39.7 Å². The minimum Gasteiger partial charge on any atom is -0.490 e. The molecule has 0 bridgehead atoms. The molecule has 110 valence electrons. The summed E-state index contributed by atoms with van der Waals surface area (Å²) in [6, 6.07) is 12.2. The van der Waals surface area contributed by atoms with Gasteiger partial charge in [-0.3, -0.25) is 0 Å². The number of alkyl halides is 1. The van der Waals surface area contributed by atoms with Gasteiger partial charge in [0.15, 0.2) is 11.5 Å². The lowest BCUT2D eigenvalue weighted by molar-refractivity contribution is 0.297. The van der Waals surface area contributed by atoms with Gasteiger partial charge in [-0.05, 0) is 58.0 Å². The van der Waals surface area contributed by atoms with Crippen molar-refractivity contribution in [3.8, 4) is 11.5 Å². The molecule has 1 heterocycles. The third-order valence-corrected chi connectivity index (χ3v) is 5.93. The van der Waals surface area contributed by atoms with Crippen LogP contribution < -0.4 is 9.47 Å². The largest absolute Gasteiger partial charge is 0.490 e. The average Bonchev–Trinajstić information content (AvgIpc) is 2.73. The Morgan fingerprint density at radius 2 is 1.67 bits per heavy atom. The summed E-state index contributed by atoms with van der Waals surface area (Å²) >= 11 is 12.2. The SMILES string of the molecule is Clc1cc(C(Br)c2ccc3c(c2)OCCCO3)ccc1I. The Balaban J connectivity index is 1.92. The predicted molar refractivity (Wildman–Crippen MR) is 97.0 cm³/mol. The van der Waals surface area contributed by atoms with E-state index in [2.05, 4.69) is 50.7 Å². The van der Waals surface area contributed by atoms with Crippen molar-refractivity contribution in [3.05, 3.63) is 56.1 Å². The highest BCUT2D eigenvalue weighted by Crippen LogP contribution is 2.38. The molecule has 1 unspecified atom stereocenters. The standard InChI is InChI=1S/C16H13BrClIO2/c17-16(10-2-4-13(19)12(18)8-10)11-3-5-14-15(9-11)21-7-1-6-20-14/h2-5,8-9,16H,1,6-7H2. The van der Waals surface area contributed by atoms with Gasteiger partial charge in [-0.2, -0.15) is 0 Å². The van der Waals surface area contributed by atoms with Crippen LogP contribution in [-0.2, 0) is 0 Å². The first-order valence-electron chi connectivity index (χ1n) is 6.64. The smallest absolute Gasteiger partial charge is 0.161 e. The average molecular weight is 480 g/mol. The van der Waals surface area contributed by atoms with Crippen LogP contribution in [0.3, 0.4) is 0 Å². The van der Waals surface area contributed by atoms with Crippen LogP contribution >= 0.6 is 50.1 Å². The lowest BCUT2D eigenvalue weighted by Crippen LogP contribution is -1.97. The van der Waals surface area contributed by atoms with Gasteiger partial charge in [0, 0.05) is 9.99 Å². The van der Waals surface area contributed by atoms with Crippen molar-refractivity contribution in [1.82, 2.24) is 0 Å².